The first-order chi connectivity index (χ1) is 14.3. The first kappa shape index (κ1) is 21.8. The smallest absolute Gasteiger partial charge is 0.354 e. The predicted molar refractivity (Wildman–Crippen MR) is 111 cm³/mol. The summed E-state index contributed by atoms with van der Waals surface area (Å²) in [5, 5.41) is 0. The Hall–Kier alpha value is -2.90. The molecule has 3 rings (SSSR count). The zero-order chi connectivity index (χ0) is 22.1. The van der Waals surface area contributed by atoms with E-state index in [1.54, 1.807) is 29.2 Å². The number of esters is 1. The zero-order valence-electron chi connectivity index (χ0n) is 18.0. The molecule has 8 heteroatoms. The second kappa shape index (κ2) is 8.45. The molecule has 0 radical (unpaired) electrons. The lowest BCUT2D eigenvalue weighted by molar-refractivity contribution is -0.162. The van der Waals surface area contributed by atoms with Crippen molar-refractivity contribution >= 4 is 29.4 Å². The van der Waals surface area contributed by atoms with Crippen LogP contribution >= 0.6 is 0 Å². The quantitative estimate of drug-likeness (QED) is 0.636. The van der Waals surface area contributed by atoms with Crippen molar-refractivity contribution in [1.82, 2.24) is 9.80 Å². The fourth-order valence-corrected chi connectivity index (χ4v) is 4.28. The van der Waals surface area contributed by atoms with Gasteiger partial charge in [0.05, 0.1) is 11.3 Å². The van der Waals surface area contributed by atoms with Crippen molar-refractivity contribution < 1.29 is 23.9 Å². The number of benzene rings is 1. The van der Waals surface area contributed by atoms with Crippen molar-refractivity contribution in [2.24, 2.45) is 5.92 Å². The molecule has 2 aliphatic heterocycles. The minimum absolute atomic E-state index is 0.0683. The number of likely N-dealkylation sites (N-methyl/N-ethyl adjacent to an activating group) is 1. The number of carbonyl (C=O) groups is 4. The minimum Gasteiger partial charge on any atom is -0.452 e. The lowest BCUT2D eigenvalue weighted by Crippen LogP contribution is -2.69. The maximum absolute atomic E-state index is 13.4. The second-order valence-corrected chi connectivity index (χ2v) is 8.01. The van der Waals surface area contributed by atoms with Crippen LogP contribution in [-0.4, -0.2) is 65.4 Å². The molecule has 2 aliphatic rings. The van der Waals surface area contributed by atoms with Gasteiger partial charge in [-0.3, -0.25) is 19.3 Å². The van der Waals surface area contributed by atoms with Crippen LogP contribution in [0.3, 0.4) is 0 Å². The van der Waals surface area contributed by atoms with Gasteiger partial charge in [0.25, 0.3) is 11.8 Å². The third kappa shape index (κ3) is 3.44. The largest absolute Gasteiger partial charge is 0.452 e. The van der Waals surface area contributed by atoms with E-state index in [-0.39, 0.29) is 43.0 Å². The Morgan fingerprint density at radius 1 is 1.17 bits per heavy atom. The molecule has 2 heterocycles. The van der Waals surface area contributed by atoms with Gasteiger partial charge < -0.3 is 14.5 Å². The zero-order valence-corrected chi connectivity index (χ0v) is 18.0. The number of amides is 3. The molecule has 162 valence electrons. The molecular weight excluding hydrogens is 386 g/mol. The summed E-state index contributed by atoms with van der Waals surface area (Å²) in [7, 11) is 0. The highest BCUT2D eigenvalue weighted by Gasteiger charge is 2.62. The minimum atomic E-state index is -1.56. The molecule has 1 fully saturated rings. The first-order valence-electron chi connectivity index (χ1n) is 10.5. The van der Waals surface area contributed by atoms with Gasteiger partial charge in [-0.2, -0.15) is 0 Å². The summed E-state index contributed by atoms with van der Waals surface area (Å²) in [4.78, 5) is 56.4. The monoisotopic (exact) mass is 415 g/mol. The van der Waals surface area contributed by atoms with E-state index in [1.165, 1.54) is 9.80 Å². The van der Waals surface area contributed by atoms with E-state index in [4.69, 9.17) is 4.74 Å². The molecule has 0 saturated carbocycles. The van der Waals surface area contributed by atoms with Gasteiger partial charge in [0.2, 0.25) is 11.6 Å². The van der Waals surface area contributed by atoms with Gasteiger partial charge >= 0.3 is 5.97 Å². The maximum atomic E-state index is 13.4. The van der Waals surface area contributed by atoms with Gasteiger partial charge in [-0.1, -0.05) is 26.0 Å². The number of para-hydroxylation sites is 1. The normalized spacial score (nSPS) is 20.3. The van der Waals surface area contributed by atoms with Crippen molar-refractivity contribution in [2.45, 2.75) is 46.2 Å². The number of carbonyl (C=O) groups excluding carboxylic acids is 4. The van der Waals surface area contributed by atoms with Crippen LogP contribution in [0.1, 0.15) is 50.9 Å². The molecule has 0 spiro atoms. The first-order valence-corrected chi connectivity index (χ1v) is 10.5. The molecule has 1 saturated heterocycles. The second-order valence-electron chi connectivity index (χ2n) is 8.01. The summed E-state index contributed by atoms with van der Waals surface area (Å²) in [6.45, 7) is 8.46. The number of fused-ring (bicyclic) bond motifs is 3. The molecule has 0 unspecified atom stereocenters. The molecule has 0 N–H and O–H groups in total. The number of hydrogen-bond donors (Lipinski definition) is 0. The molecule has 8 nitrogen and oxygen atoms in total. The highest BCUT2D eigenvalue weighted by Crippen LogP contribution is 2.45. The molecular formula is C22H29N3O5. The summed E-state index contributed by atoms with van der Waals surface area (Å²) in [5.41, 5.74) is -0.760. The Balaban J connectivity index is 2.01. The third-order valence-corrected chi connectivity index (χ3v) is 5.69. The topological polar surface area (TPSA) is 87.2 Å². The van der Waals surface area contributed by atoms with Crippen molar-refractivity contribution in [3.8, 4) is 0 Å². The van der Waals surface area contributed by atoms with E-state index in [0.717, 1.165) is 0 Å². The molecule has 0 aromatic heterocycles. The van der Waals surface area contributed by atoms with Crippen LogP contribution in [0.2, 0.25) is 0 Å². The molecule has 30 heavy (non-hydrogen) atoms. The van der Waals surface area contributed by atoms with Crippen LogP contribution in [0.5, 0.6) is 0 Å². The number of anilines is 1. The van der Waals surface area contributed by atoms with Crippen molar-refractivity contribution in [3.63, 3.8) is 0 Å². The number of rotatable bonds is 7. The Bertz CT molecular complexity index is 864. The van der Waals surface area contributed by atoms with E-state index in [0.29, 0.717) is 24.3 Å². The Morgan fingerprint density at radius 2 is 1.83 bits per heavy atom. The lowest BCUT2D eigenvalue weighted by Gasteiger charge is -2.48. The summed E-state index contributed by atoms with van der Waals surface area (Å²) in [6, 6.07) is 6.80. The fraction of sp³-hybridized carbons (Fsp3) is 0.545. The molecule has 0 aliphatic carbocycles. The molecule has 1 atom stereocenters. The Kier molecular flexibility index (Phi) is 6.14. The summed E-state index contributed by atoms with van der Waals surface area (Å²) < 4.78 is 5.44. The van der Waals surface area contributed by atoms with E-state index < -0.39 is 18.2 Å². The summed E-state index contributed by atoms with van der Waals surface area (Å²) in [6.07, 6.45) is 0.256. The van der Waals surface area contributed by atoms with Crippen LogP contribution in [0, 0.1) is 5.92 Å². The van der Waals surface area contributed by atoms with Crippen LogP contribution < -0.4 is 4.90 Å². The fourth-order valence-electron chi connectivity index (χ4n) is 4.28. The van der Waals surface area contributed by atoms with Crippen molar-refractivity contribution in [2.75, 3.05) is 31.1 Å². The Morgan fingerprint density at radius 3 is 2.47 bits per heavy atom. The Labute approximate surface area is 176 Å². The summed E-state index contributed by atoms with van der Waals surface area (Å²) in [5.74, 6) is -1.53. The average Bonchev–Trinajstić information content (AvgIpc) is 3.08. The highest BCUT2D eigenvalue weighted by molar-refractivity contribution is 6.15. The van der Waals surface area contributed by atoms with E-state index >= 15 is 0 Å². The summed E-state index contributed by atoms with van der Waals surface area (Å²) >= 11 is 0. The molecule has 0 bridgehead atoms. The standard InChI is InChI=1S/C22H29N3O5/c1-5-23(6-2)19(27)14-30-21(29)22-12-11-18(26)25(22)17-10-8-7-9-16(17)20(28)24(22)13-15(3)4/h7-10,15H,5-6,11-14H2,1-4H3/t22-/m0/s1. The van der Waals surface area contributed by atoms with Crippen molar-refractivity contribution in [3.05, 3.63) is 29.8 Å². The van der Waals surface area contributed by atoms with E-state index in [9.17, 15) is 19.2 Å². The van der Waals surface area contributed by atoms with Crippen LogP contribution in [0.4, 0.5) is 5.69 Å². The SMILES string of the molecule is CCN(CC)C(=O)COC(=O)[C@]12CCC(=O)N1c1ccccc1C(=O)N2CC(C)C. The van der Waals surface area contributed by atoms with Gasteiger partial charge in [0, 0.05) is 32.5 Å². The van der Waals surface area contributed by atoms with Gasteiger partial charge in [-0.05, 0) is 31.9 Å². The predicted octanol–water partition coefficient (Wildman–Crippen LogP) is 2.03. The third-order valence-electron chi connectivity index (χ3n) is 5.69. The van der Waals surface area contributed by atoms with Crippen molar-refractivity contribution in [1.29, 1.82) is 0 Å². The molecule has 1 aromatic rings. The van der Waals surface area contributed by atoms with Crippen LogP contribution in [-0.2, 0) is 19.1 Å². The lowest BCUT2D eigenvalue weighted by atomic mass is 9.95. The number of nitrogens with zero attached hydrogens (tertiary/aromatic N) is 3. The van der Waals surface area contributed by atoms with Gasteiger partial charge in [-0.15, -0.1) is 0 Å². The van der Waals surface area contributed by atoms with Gasteiger partial charge in [-0.25, -0.2) is 4.79 Å². The van der Waals surface area contributed by atoms with Gasteiger partial charge in [0.15, 0.2) is 6.61 Å². The van der Waals surface area contributed by atoms with Gasteiger partial charge in [0.1, 0.15) is 0 Å². The average molecular weight is 415 g/mol. The number of hydrogen-bond acceptors (Lipinski definition) is 5. The number of ether oxygens (including phenoxy) is 1. The molecule has 1 aromatic carbocycles. The van der Waals surface area contributed by atoms with E-state index in [2.05, 4.69) is 0 Å². The molecule has 3 amide bonds. The van der Waals surface area contributed by atoms with E-state index in [1.807, 2.05) is 27.7 Å². The van der Waals surface area contributed by atoms with Crippen LogP contribution in [0.25, 0.3) is 0 Å². The maximum Gasteiger partial charge on any atom is 0.354 e. The van der Waals surface area contributed by atoms with Crippen LogP contribution in [0.15, 0.2) is 24.3 Å². The highest BCUT2D eigenvalue weighted by atomic mass is 16.5.